The Bertz CT molecular complexity index is 375. The Morgan fingerprint density at radius 3 is 2.89 bits per heavy atom. The molecule has 102 valence electrons. The van der Waals surface area contributed by atoms with E-state index in [0.29, 0.717) is 12.1 Å². The first kappa shape index (κ1) is 14.0. The van der Waals surface area contributed by atoms with Crippen molar-refractivity contribution >= 4 is 11.3 Å². The van der Waals surface area contributed by atoms with Crippen molar-refractivity contribution in [3.05, 3.63) is 16.1 Å². The Morgan fingerprint density at radius 2 is 2.28 bits per heavy atom. The van der Waals surface area contributed by atoms with Gasteiger partial charge < -0.3 is 10.2 Å². The Balaban J connectivity index is 1.89. The Hall–Kier alpha value is -0.450. The van der Waals surface area contributed by atoms with Crippen LogP contribution in [-0.4, -0.2) is 36.1 Å². The van der Waals surface area contributed by atoms with Crippen LogP contribution < -0.4 is 5.32 Å². The molecule has 2 atom stereocenters. The molecule has 1 aliphatic heterocycles. The molecule has 2 rings (SSSR count). The fourth-order valence-electron chi connectivity index (χ4n) is 2.51. The van der Waals surface area contributed by atoms with E-state index in [1.807, 2.05) is 24.6 Å². The summed E-state index contributed by atoms with van der Waals surface area (Å²) in [6, 6.07) is 1.11. The molecule has 0 aliphatic carbocycles. The van der Waals surface area contributed by atoms with E-state index in [2.05, 4.69) is 36.0 Å². The van der Waals surface area contributed by atoms with Crippen LogP contribution in [0, 0.1) is 5.92 Å². The van der Waals surface area contributed by atoms with Gasteiger partial charge in [0.25, 0.3) is 0 Å². The van der Waals surface area contributed by atoms with Crippen molar-refractivity contribution in [2.75, 3.05) is 20.1 Å². The van der Waals surface area contributed by atoms with Crippen molar-refractivity contribution in [2.24, 2.45) is 5.92 Å². The fourth-order valence-corrected chi connectivity index (χ4v) is 3.60. The zero-order chi connectivity index (χ0) is 13.1. The maximum absolute atomic E-state index is 4.58. The van der Waals surface area contributed by atoms with Gasteiger partial charge in [0.1, 0.15) is 0 Å². The van der Waals surface area contributed by atoms with Crippen molar-refractivity contribution in [3.63, 3.8) is 0 Å². The quantitative estimate of drug-likeness (QED) is 0.889. The van der Waals surface area contributed by atoms with Crippen LogP contribution in [0.2, 0.25) is 0 Å². The van der Waals surface area contributed by atoms with Gasteiger partial charge in [-0.1, -0.05) is 0 Å². The molecule has 1 aromatic heterocycles. The number of thiazole rings is 1. The van der Waals surface area contributed by atoms with E-state index >= 15 is 0 Å². The highest BCUT2D eigenvalue weighted by Crippen LogP contribution is 2.26. The predicted molar refractivity (Wildman–Crippen MR) is 78.1 cm³/mol. The number of hydrogen-bond acceptors (Lipinski definition) is 4. The lowest BCUT2D eigenvalue weighted by Gasteiger charge is -2.19. The molecule has 0 spiro atoms. The molecule has 18 heavy (non-hydrogen) atoms. The molecule has 0 radical (unpaired) electrons. The van der Waals surface area contributed by atoms with Gasteiger partial charge in [-0.05, 0) is 46.7 Å². The second-order valence-electron chi connectivity index (χ2n) is 5.61. The lowest BCUT2D eigenvalue weighted by atomic mass is 10.1. The third-order valence-corrected chi connectivity index (χ3v) is 5.14. The van der Waals surface area contributed by atoms with Crippen LogP contribution in [0.1, 0.15) is 43.1 Å². The third-order valence-electron chi connectivity index (χ3n) is 3.94. The van der Waals surface area contributed by atoms with Crippen molar-refractivity contribution in [2.45, 2.75) is 45.7 Å². The predicted octanol–water partition coefficient (Wildman–Crippen LogP) is 2.70. The van der Waals surface area contributed by atoms with E-state index in [4.69, 9.17) is 0 Å². The number of hydrogen-bond donors (Lipinski definition) is 1. The van der Waals surface area contributed by atoms with Gasteiger partial charge >= 0.3 is 0 Å². The van der Waals surface area contributed by atoms with Gasteiger partial charge in [-0.2, -0.15) is 0 Å². The zero-order valence-electron chi connectivity index (χ0n) is 11.9. The first-order valence-electron chi connectivity index (χ1n) is 6.96. The summed E-state index contributed by atoms with van der Waals surface area (Å²) in [6.45, 7) is 9.27. The molecule has 1 N–H and O–H groups in total. The molecule has 1 fully saturated rings. The number of aromatic nitrogens is 1. The van der Waals surface area contributed by atoms with E-state index in [1.54, 1.807) is 0 Å². The highest BCUT2D eigenvalue weighted by Gasteiger charge is 2.25. The van der Waals surface area contributed by atoms with Gasteiger partial charge in [0.05, 0.1) is 5.01 Å². The summed E-state index contributed by atoms with van der Waals surface area (Å²) in [7, 11) is 2.00. The first-order chi connectivity index (χ1) is 8.60. The SMILES string of the molecule is CNC(C)c1cnc(CC2CCN(C(C)C)C2)s1. The van der Waals surface area contributed by atoms with E-state index in [9.17, 15) is 0 Å². The largest absolute Gasteiger partial charge is 0.312 e. The zero-order valence-corrected chi connectivity index (χ0v) is 12.8. The number of nitrogens with one attached hydrogen (secondary N) is 1. The van der Waals surface area contributed by atoms with Crippen molar-refractivity contribution in [3.8, 4) is 0 Å². The van der Waals surface area contributed by atoms with Gasteiger partial charge in [-0.25, -0.2) is 4.98 Å². The number of likely N-dealkylation sites (tertiary alicyclic amines) is 1. The number of rotatable bonds is 5. The summed E-state index contributed by atoms with van der Waals surface area (Å²) < 4.78 is 0. The standard InChI is InChI=1S/C14H25N3S/c1-10(2)17-6-5-12(9-17)7-14-16-8-13(18-14)11(3)15-4/h8,10-12,15H,5-7,9H2,1-4H3. The molecule has 1 aromatic rings. The topological polar surface area (TPSA) is 28.2 Å². The maximum atomic E-state index is 4.58. The maximum Gasteiger partial charge on any atom is 0.0931 e. The molecule has 2 heterocycles. The minimum Gasteiger partial charge on any atom is -0.312 e. The fraction of sp³-hybridized carbons (Fsp3) is 0.786. The Morgan fingerprint density at radius 1 is 1.50 bits per heavy atom. The van der Waals surface area contributed by atoms with Crippen LogP contribution in [0.15, 0.2) is 6.20 Å². The van der Waals surface area contributed by atoms with Crippen LogP contribution in [0.4, 0.5) is 0 Å². The summed E-state index contributed by atoms with van der Waals surface area (Å²) in [4.78, 5) is 8.51. The van der Waals surface area contributed by atoms with Crippen LogP contribution in [0.25, 0.3) is 0 Å². The van der Waals surface area contributed by atoms with Gasteiger partial charge in [0.15, 0.2) is 0 Å². The minimum atomic E-state index is 0.423. The molecule has 0 aromatic carbocycles. The van der Waals surface area contributed by atoms with Gasteiger partial charge in [0, 0.05) is 36.1 Å². The summed E-state index contributed by atoms with van der Waals surface area (Å²) in [5, 5.41) is 4.58. The molecule has 0 saturated carbocycles. The highest BCUT2D eigenvalue weighted by atomic mass is 32.1. The first-order valence-corrected chi connectivity index (χ1v) is 7.77. The average Bonchev–Trinajstić information content (AvgIpc) is 2.98. The van der Waals surface area contributed by atoms with E-state index in [0.717, 1.165) is 12.3 Å². The second kappa shape index (κ2) is 6.13. The third kappa shape index (κ3) is 3.31. The van der Waals surface area contributed by atoms with E-state index in [1.165, 1.54) is 29.4 Å². The van der Waals surface area contributed by atoms with Crippen LogP contribution in [0.5, 0.6) is 0 Å². The molecule has 3 nitrogen and oxygen atoms in total. The minimum absolute atomic E-state index is 0.423. The normalized spacial score (nSPS) is 22.8. The molecule has 2 unspecified atom stereocenters. The van der Waals surface area contributed by atoms with Crippen molar-refractivity contribution < 1.29 is 0 Å². The van der Waals surface area contributed by atoms with Crippen molar-refractivity contribution in [1.29, 1.82) is 0 Å². The Labute approximate surface area is 115 Å². The monoisotopic (exact) mass is 267 g/mol. The molecular formula is C14H25N3S. The Kier molecular flexibility index (Phi) is 4.76. The molecular weight excluding hydrogens is 242 g/mol. The average molecular weight is 267 g/mol. The van der Waals surface area contributed by atoms with E-state index < -0.39 is 0 Å². The smallest absolute Gasteiger partial charge is 0.0931 e. The second-order valence-corrected chi connectivity index (χ2v) is 6.76. The molecule has 0 amide bonds. The molecule has 0 bridgehead atoms. The van der Waals surface area contributed by atoms with Crippen LogP contribution in [0.3, 0.4) is 0 Å². The van der Waals surface area contributed by atoms with Crippen molar-refractivity contribution in [1.82, 2.24) is 15.2 Å². The molecule has 1 aliphatic rings. The lowest BCUT2D eigenvalue weighted by Crippen LogP contribution is -2.28. The van der Waals surface area contributed by atoms with Crippen LogP contribution >= 0.6 is 11.3 Å². The molecule has 4 heteroatoms. The lowest BCUT2D eigenvalue weighted by molar-refractivity contribution is 0.265. The van der Waals surface area contributed by atoms with Gasteiger partial charge in [0.2, 0.25) is 0 Å². The summed E-state index contributed by atoms with van der Waals surface area (Å²) >= 11 is 1.87. The van der Waals surface area contributed by atoms with Crippen LogP contribution in [-0.2, 0) is 6.42 Å². The summed E-state index contributed by atoms with van der Waals surface area (Å²) in [5.41, 5.74) is 0. The van der Waals surface area contributed by atoms with Gasteiger partial charge in [-0.15, -0.1) is 11.3 Å². The number of nitrogens with zero attached hydrogens (tertiary/aromatic N) is 2. The summed E-state index contributed by atoms with van der Waals surface area (Å²) in [6.07, 6.45) is 4.52. The summed E-state index contributed by atoms with van der Waals surface area (Å²) in [5.74, 6) is 0.802. The highest BCUT2D eigenvalue weighted by molar-refractivity contribution is 7.11. The van der Waals surface area contributed by atoms with Gasteiger partial charge in [-0.3, -0.25) is 0 Å². The van der Waals surface area contributed by atoms with E-state index in [-0.39, 0.29) is 0 Å². The molecule has 1 saturated heterocycles.